The van der Waals surface area contributed by atoms with Crippen LogP contribution in [-0.2, 0) is 28.6 Å². The Balaban J connectivity index is 4.12. The average Bonchev–Trinajstić information content (AvgIpc) is 3.34. The minimum atomic E-state index is -0.774. The molecule has 1 atom stereocenters. The first-order valence-electron chi connectivity index (χ1n) is 29.6. The van der Waals surface area contributed by atoms with E-state index in [1.165, 1.54) is 193 Å². The molecule has 0 aliphatic carbocycles. The van der Waals surface area contributed by atoms with Crippen molar-refractivity contribution in [1.82, 2.24) is 0 Å². The maximum atomic E-state index is 12.8. The predicted octanol–water partition coefficient (Wildman–Crippen LogP) is 19.8. The molecule has 1 unspecified atom stereocenters. The first-order chi connectivity index (χ1) is 33.5. The quantitative estimate of drug-likeness (QED) is 0.0262. The summed E-state index contributed by atoms with van der Waals surface area (Å²) >= 11 is 0. The number of hydrogen-bond donors (Lipinski definition) is 0. The van der Waals surface area contributed by atoms with Crippen molar-refractivity contribution < 1.29 is 28.6 Å². The highest BCUT2D eigenvalue weighted by Crippen LogP contribution is 2.16. The van der Waals surface area contributed by atoms with Gasteiger partial charge in [-0.2, -0.15) is 0 Å². The first-order valence-corrected chi connectivity index (χ1v) is 29.6. The Morgan fingerprint density at radius 2 is 0.529 bits per heavy atom. The number of carbonyl (C=O) groups is 3. The second-order valence-corrected chi connectivity index (χ2v) is 19.9. The standard InChI is InChI=1S/C62H112O6/c1-4-7-10-13-16-18-20-22-24-26-27-28-29-30-31-32-33-34-35-36-38-39-41-43-46-49-52-55-61(64)67-58-59(57-66-60(63)54-51-48-45-15-12-9-6-3)68-62(65)56-53-50-47-44-42-40-37-25-23-21-19-17-14-11-8-5-2/h20,22,25-27,29-30,37,59H,4-19,21,23-24,28,31-36,38-58H2,1-3H3/b22-20-,27-26-,30-29-,37-25-. The van der Waals surface area contributed by atoms with E-state index in [2.05, 4.69) is 69.4 Å². The molecule has 0 aromatic rings. The molecular formula is C62H112O6. The van der Waals surface area contributed by atoms with Gasteiger partial charge in [0.05, 0.1) is 0 Å². The summed E-state index contributed by atoms with van der Waals surface area (Å²) in [5.74, 6) is -0.879. The van der Waals surface area contributed by atoms with Crippen LogP contribution in [0.15, 0.2) is 48.6 Å². The van der Waals surface area contributed by atoms with Crippen LogP contribution in [0.4, 0.5) is 0 Å². The molecule has 0 amide bonds. The van der Waals surface area contributed by atoms with Crippen LogP contribution < -0.4 is 0 Å². The van der Waals surface area contributed by atoms with Gasteiger partial charge in [-0.3, -0.25) is 14.4 Å². The molecule has 0 spiro atoms. The number of hydrogen-bond acceptors (Lipinski definition) is 6. The van der Waals surface area contributed by atoms with Crippen molar-refractivity contribution in [3.05, 3.63) is 48.6 Å². The zero-order valence-electron chi connectivity index (χ0n) is 45.4. The van der Waals surface area contributed by atoms with E-state index < -0.39 is 6.10 Å². The van der Waals surface area contributed by atoms with Gasteiger partial charge in [0.2, 0.25) is 0 Å². The van der Waals surface area contributed by atoms with Gasteiger partial charge in [0, 0.05) is 19.3 Å². The average molecular weight is 954 g/mol. The van der Waals surface area contributed by atoms with E-state index in [-0.39, 0.29) is 31.1 Å². The Morgan fingerprint density at radius 3 is 0.838 bits per heavy atom. The van der Waals surface area contributed by atoms with Crippen molar-refractivity contribution in [3.63, 3.8) is 0 Å². The van der Waals surface area contributed by atoms with Crippen LogP contribution in [0, 0.1) is 0 Å². The number of unbranched alkanes of at least 4 members (excludes halogenated alkanes) is 35. The number of allylic oxidation sites excluding steroid dienone is 8. The van der Waals surface area contributed by atoms with E-state index in [1.807, 2.05) is 0 Å². The van der Waals surface area contributed by atoms with Crippen LogP contribution in [0.3, 0.4) is 0 Å². The number of carbonyl (C=O) groups excluding carboxylic acids is 3. The lowest BCUT2D eigenvalue weighted by molar-refractivity contribution is -0.167. The monoisotopic (exact) mass is 953 g/mol. The Bertz CT molecular complexity index is 1190. The molecule has 0 aromatic heterocycles. The molecule has 0 saturated carbocycles. The van der Waals surface area contributed by atoms with Crippen molar-refractivity contribution in [2.75, 3.05) is 13.2 Å². The van der Waals surface area contributed by atoms with Gasteiger partial charge in [0.25, 0.3) is 0 Å². The molecule has 0 N–H and O–H groups in total. The minimum Gasteiger partial charge on any atom is -0.462 e. The molecule has 0 heterocycles. The van der Waals surface area contributed by atoms with Gasteiger partial charge < -0.3 is 14.2 Å². The largest absolute Gasteiger partial charge is 0.462 e. The van der Waals surface area contributed by atoms with Crippen molar-refractivity contribution in [2.45, 2.75) is 316 Å². The maximum Gasteiger partial charge on any atom is 0.306 e. The lowest BCUT2D eigenvalue weighted by atomic mass is 10.0. The van der Waals surface area contributed by atoms with E-state index in [0.717, 1.165) is 77.0 Å². The summed E-state index contributed by atoms with van der Waals surface area (Å²) in [4.78, 5) is 37.9. The van der Waals surface area contributed by atoms with E-state index >= 15 is 0 Å². The lowest BCUT2D eigenvalue weighted by Crippen LogP contribution is -2.30. The summed E-state index contributed by atoms with van der Waals surface area (Å²) in [6.07, 6.45) is 69.9. The van der Waals surface area contributed by atoms with Gasteiger partial charge in [0.1, 0.15) is 13.2 Å². The second-order valence-electron chi connectivity index (χ2n) is 19.9. The highest BCUT2D eigenvalue weighted by atomic mass is 16.6. The normalized spacial score (nSPS) is 12.3. The predicted molar refractivity (Wildman–Crippen MR) is 293 cm³/mol. The summed E-state index contributed by atoms with van der Waals surface area (Å²) in [7, 11) is 0. The third-order valence-electron chi connectivity index (χ3n) is 13.1. The van der Waals surface area contributed by atoms with E-state index in [1.54, 1.807) is 0 Å². The van der Waals surface area contributed by atoms with E-state index in [0.29, 0.717) is 19.3 Å². The van der Waals surface area contributed by atoms with E-state index in [9.17, 15) is 14.4 Å². The van der Waals surface area contributed by atoms with Crippen LogP contribution in [-0.4, -0.2) is 37.2 Å². The molecule has 6 heteroatoms. The molecule has 68 heavy (non-hydrogen) atoms. The van der Waals surface area contributed by atoms with Crippen molar-refractivity contribution in [3.8, 4) is 0 Å². The fourth-order valence-electron chi connectivity index (χ4n) is 8.56. The molecule has 396 valence electrons. The van der Waals surface area contributed by atoms with Crippen LogP contribution >= 0.6 is 0 Å². The number of rotatable bonds is 54. The van der Waals surface area contributed by atoms with Crippen LogP contribution in [0.25, 0.3) is 0 Å². The third kappa shape index (κ3) is 54.3. The molecule has 0 radical (unpaired) electrons. The molecule has 0 aliphatic rings. The Morgan fingerprint density at radius 1 is 0.294 bits per heavy atom. The number of ether oxygens (including phenoxy) is 3. The Labute approximate surface area is 422 Å². The molecule has 0 fully saturated rings. The van der Waals surface area contributed by atoms with Gasteiger partial charge in [-0.1, -0.05) is 256 Å². The lowest BCUT2D eigenvalue weighted by Gasteiger charge is -2.18. The van der Waals surface area contributed by atoms with Gasteiger partial charge in [-0.15, -0.1) is 0 Å². The molecule has 0 aliphatic heterocycles. The summed E-state index contributed by atoms with van der Waals surface area (Å²) in [5, 5.41) is 0. The SMILES string of the molecule is CCCCCCC/C=C\C/C=C\C/C=C\CCCCCCCCCCCCCCC(=O)OCC(COC(=O)CCCCCCCCC)OC(=O)CCCCCCC/C=C\CCCCCCCCC. The van der Waals surface area contributed by atoms with Crippen LogP contribution in [0.1, 0.15) is 310 Å². The van der Waals surface area contributed by atoms with Crippen molar-refractivity contribution in [2.24, 2.45) is 0 Å². The van der Waals surface area contributed by atoms with Gasteiger partial charge in [-0.25, -0.2) is 0 Å². The molecule has 0 rings (SSSR count). The van der Waals surface area contributed by atoms with Crippen molar-refractivity contribution >= 4 is 17.9 Å². The summed E-state index contributed by atoms with van der Waals surface area (Å²) in [6.45, 7) is 6.60. The second kappa shape index (κ2) is 57.0. The van der Waals surface area contributed by atoms with Gasteiger partial charge >= 0.3 is 17.9 Å². The molecule has 0 saturated heterocycles. The fourth-order valence-corrected chi connectivity index (χ4v) is 8.56. The van der Waals surface area contributed by atoms with Gasteiger partial charge in [0.15, 0.2) is 6.10 Å². The summed E-state index contributed by atoms with van der Waals surface area (Å²) in [6, 6.07) is 0. The summed E-state index contributed by atoms with van der Waals surface area (Å²) < 4.78 is 16.8. The smallest absolute Gasteiger partial charge is 0.306 e. The van der Waals surface area contributed by atoms with Gasteiger partial charge in [-0.05, 0) is 83.5 Å². The molecule has 0 aromatic carbocycles. The number of esters is 3. The zero-order chi connectivity index (χ0) is 49.3. The highest BCUT2D eigenvalue weighted by Gasteiger charge is 2.19. The summed E-state index contributed by atoms with van der Waals surface area (Å²) in [5.41, 5.74) is 0. The highest BCUT2D eigenvalue weighted by molar-refractivity contribution is 5.71. The topological polar surface area (TPSA) is 78.9 Å². The zero-order valence-corrected chi connectivity index (χ0v) is 45.4. The molecule has 0 bridgehead atoms. The Kier molecular flexibility index (Phi) is 54.8. The maximum absolute atomic E-state index is 12.8. The third-order valence-corrected chi connectivity index (χ3v) is 13.1. The minimum absolute atomic E-state index is 0.0747. The van der Waals surface area contributed by atoms with E-state index in [4.69, 9.17) is 14.2 Å². The van der Waals surface area contributed by atoms with Crippen molar-refractivity contribution in [1.29, 1.82) is 0 Å². The first kappa shape index (κ1) is 65.4. The van der Waals surface area contributed by atoms with Crippen LogP contribution in [0.5, 0.6) is 0 Å². The molecule has 6 nitrogen and oxygen atoms in total. The van der Waals surface area contributed by atoms with Crippen LogP contribution in [0.2, 0.25) is 0 Å². The fraction of sp³-hybridized carbons (Fsp3) is 0.823. The Hall–Kier alpha value is -2.63. The molecular weight excluding hydrogens is 841 g/mol.